The van der Waals surface area contributed by atoms with E-state index in [1.54, 1.807) is 4.90 Å². The molecule has 0 unspecified atom stereocenters. The monoisotopic (exact) mass is 227 g/mol. The number of hydrogen-bond acceptors (Lipinski definition) is 2. The second-order valence-electron chi connectivity index (χ2n) is 4.61. The van der Waals surface area contributed by atoms with E-state index in [-0.39, 0.29) is 6.03 Å². The van der Waals surface area contributed by atoms with Gasteiger partial charge in [-0.1, -0.05) is 26.2 Å². The number of urea groups is 1. The minimum atomic E-state index is -0.276. The lowest BCUT2D eigenvalue weighted by Gasteiger charge is -2.31. The molecule has 0 atom stereocenters. The van der Waals surface area contributed by atoms with Crippen LogP contribution < -0.4 is 11.1 Å². The lowest BCUT2D eigenvalue weighted by atomic mass is 10.1. The van der Waals surface area contributed by atoms with Crippen molar-refractivity contribution in [2.75, 3.05) is 19.6 Å². The largest absolute Gasteiger partial charge is 0.351 e. The van der Waals surface area contributed by atoms with E-state index < -0.39 is 0 Å². The minimum Gasteiger partial charge on any atom is -0.351 e. The van der Waals surface area contributed by atoms with E-state index in [9.17, 15) is 4.79 Å². The number of likely N-dealkylation sites (tertiary alicyclic amines) is 1. The maximum atomic E-state index is 10.9. The van der Waals surface area contributed by atoms with Crippen LogP contribution in [0.4, 0.5) is 4.79 Å². The van der Waals surface area contributed by atoms with Crippen LogP contribution in [0, 0.1) is 0 Å². The summed E-state index contributed by atoms with van der Waals surface area (Å²) < 4.78 is 0. The predicted molar refractivity (Wildman–Crippen MR) is 66.3 cm³/mol. The van der Waals surface area contributed by atoms with Gasteiger partial charge in [0.1, 0.15) is 0 Å². The minimum absolute atomic E-state index is 0.276. The third-order valence-electron chi connectivity index (χ3n) is 3.27. The van der Waals surface area contributed by atoms with Gasteiger partial charge in [-0.2, -0.15) is 0 Å². The molecule has 2 amide bonds. The van der Waals surface area contributed by atoms with Crippen molar-refractivity contribution in [3.8, 4) is 0 Å². The summed E-state index contributed by atoms with van der Waals surface area (Å²) in [4.78, 5) is 12.7. The van der Waals surface area contributed by atoms with Gasteiger partial charge >= 0.3 is 6.03 Å². The first-order valence-corrected chi connectivity index (χ1v) is 6.51. The summed E-state index contributed by atoms with van der Waals surface area (Å²) in [6.07, 6.45) is 7.29. The molecule has 4 heteroatoms. The van der Waals surface area contributed by atoms with E-state index in [4.69, 9.17) is 5.73 Å². The second kappa shape index (κ2) is 7.49. The molecule has 1 heterocycles. The van der Waals surface area contributed by atoms with E-state index in [2.05, 4.69) is 12.2 Å². The first kappa shape index (κ1) is 13.3. The van der Waals surface area contributed by atoms with Crippen LogP contribution in [0.15, 0.2) is 0 Å². The Morgan fingerprint density at radius 2 is 2.00 bits per heavy atom. The van der Waals surface area contributed by atoms with Crippen molar-refractivity contribution >= 4 is 6.03 Å². The lowest BCUT2D eigenvalue weighted by molar-refractivity contribution is 0.185. The zero-order valence-electron chi connectivity index (χ0n) is 10.4. The molecule has 1 rings (SSSR count). The fourth-order valence-electron chi connectivity index (χ4n) is 2.16. The van der Waals surface area contributed by atoms with Crippen LogP contribution in [0.1, 0.15) is 45.4 Å². The number of piperidine rings is 1. The molecule has 4 nitrogen and oxygen atoms in total. The number of primary amides is 1. The molecule has 94 valence electrons. The Bertz CT molecular complexity index is 200. The molecule has 0 aromatic heterocycles. The highest BCUT2D eigenvalue weighted by Gasteiger charge is 2.20. The molecule has 0 aromatic carbocycles. The number of amides is 2. The number of hydrogen-bond donors (Lipinski definition) is 2. The van der Waals surface area contributed by atoms with E-state index >= 15 is 0 Å². The normalized spacial score (nSPS) is 17.7. The summed E-state index contributed by atoms with van der Waals surface area (Å²) in [5, 5.41) is 3.56. The van der Waals surface area contributed by atoms with Gasteiger partial charge in [-0.25, -0.2) is 4.79 Å². The van der Waals surface area contributed by atoms with Crippen LogP contribution >= 0.6 is 0 Å². The van der Waals surface area contributed by atoms with Crippen molar-refractivity contribution in [1.29, 1.82) is 0 Å². The summed E-state index contributed by atoms with van der Waals surface area (Å²) >= 11 is 0. The second-order valence-corrected chi connectivity index (χ2v) is 4.61. The van der Waals surface area contributed by atoms with Gasteiger partial charge in [0.2, 0.25) is 0 Å². The van der Waals surface area contributed by atoms with Crippen LogP contribution in [0.2, 0.25) is 0 Å². The average molecular weight is 227 g/mol. The number of nitrogens with two attached hydrogens (primary N) is 1. The van der Waals surface area contributed by atoms with Gasteiger partial charge in [-0.05, 0) is 25.8 Å². The molecule has 0 bridgehead atoms. The maximum absolute atomic E-state index is 10.9. The van der Waals surface area contributed by atoms with Gasteiger partial charge < -0.3 is 16.0 Å². The van der Waals surface area contributed by atoms with Gasteiger partial charge in [0, 0.05) is 19.1 Å². The van der Waals surface area contributed by atoms with Crippen LogP contribution in [-0.2, 0) is 0 Å². The van der Waals surface area contributed by atoms with Crippen molar-refractivity contribution in [3.63, 3.8) is 0 Å². The first-order chi connectivity index (χ1) is 7.74. The van der Waals surface area contributed by atoms with E-state index in [0.29, 0.717) is 6.04 Å². The highest BCUT2D eigenvalue weighted by atomic mass is 16.2. The molecular formula is C12H25N3O. The van der Waals surface area contributed by atoms with E-state index in [1.807, 2.05) is 0 Å². The van der Waals surface area contributed by atoms with Crippen LogP contribution in [0.3, 0.4) is 0 Å². The molecule has 0 aliphatic carbocycles. The summed E-state index contributed by atoms with van der Waals surface area (Å²) in [5.74, 6) is 0. The Labute approximate surface area is 98.6 Å². The number of nitrogens with zero attached hydrogens (tertiary/aromatic N) is 1. The molecule has 3 N–H and O–H groups in total. The Morgan fingerprint density at radius 3 is 2.56 bits per heavy atom. The Hall–Kier alpha value is -0.770. The SMILES string of the molecule is CCCCCCNC1CCN(C(N)=O)CC1. The average Bonchev–Trinajstić information content (AvgIpc) is 2.29. The molecule has 0 aromatic rings. The van der Waals surface area contributed by atoms with Crippen LogP contribution in [-0.4, -0.2) is 36.6 Å². The smallest absolute Gasteiger partial charge is 0.314 e. The summed E-state index contributed by atoms with van der Waals surface area (Å²) in [7, 11) is 0. The predicted octanol–water partition coefficient (Wildman–Crippen LogP) is 1.70. The molecule has 1 aliphatic heterocycles. The fraction of sp³-hybridized carbons (Fsp3) is 0.917. The van der Waals surface area contributed by atoms with E-state index in [0.717, 1.165) is 32.5 Å². The maximum Gasteiger partial charge on any atom is 0.314 e. The molecule has 1 fully saturated rings. The zero-order chi connectivity index (χ0) is 11.8. The highest BCUT2D eigenvalue weighted by Crippen LogP contribution is 2.10. The van der Waals surface area contributed by atoms with Gasteiger partial charge in [-0.15, -0.1) is 0 Å². The Balaban J connectivity index is 2.02. The highest BCUT2D eigenvalue weighted by molar-refractivity contribution is 5.72. The van der Waals surface area contributed by atoms with Crippen molar-refractivity contribution in [1.82, 2.24) is 10.2 Å². The molecule has 1 saturated heterocycles. The fourth-order valence-corrected chi connectivity index (χ4v) is 2.16. The number of rotatable bonds is 6. The molecular weight excluding hydrogens is 202 g/mol. The quantitative estimate of drug-likeness (QED) is 0.679. The van der Waals surface area contributed by atoms with Gasteiger partial charge in [0.05, 0.1) is 0 Å². The summed E-state index contributed by atoms with van der Waals surface area (Å²) in [5.41, 5.74) is 5.23. The third-order valence-corrected chi connectivity index (χ3v) is 3.27. The van der Waals surface area contributed by atoms with Crippen molar-refractivity contribution < 1.29 is 4.79 Å². The summed E-state index contributed by atoms with van der Waals surface area (Å²) in [6, 6.07) is 0.304. The lowest BCUT2D eigenvalue weighted by Crippen LogP contribution is -2.46. The van der Waals surface area contributed by atoms with Crippen LogP contribution in [0.5, 0.6) is 0 Å². The molecule has 0 radical (unpaired) electrons. The van der Waals surface area contributed by atoms with Gasteiger partial charge in [0.25, 0.3) is 0 Å². The van der Waals surface area contributed by atoms with Crippen molar-refractivity contribution in [2.45, 2.75) is 51.5 Å². The number of carbonyl (C=O) groups is 1. The van der Waals surface area contributed by atoms with Gasteiger partial charge in [-0.3, -0.25) is 0 Å². The molecule has 0 saturated carbocycles. The van der Waals surface area contributed by atoms with Crippen molar-refractivity contribution in [3.05, 3.63) is 0 Å². The first-order valence-electron chi connectivity index (χ1n) is 6.51. The number of carbonyl (C=O) groups excluding carboxylic acids is 1. The number of unbranched alkanes of at least 4 members (excludes halogenated alkanes) is 3. The van der Waals surface area contributed by atoms with E-state index in [1.165, 1.54) is 25.7 Å². The molecule has 16 heavy (non-hydrogen) atoms. The number of nitrogens with one attached hydrogen (secondary N) is 1. The summed E-state index contributed by atoms with van der Waals surface area (Å²) in [6.45, 7) is 4.96. The van der Waals surface area contributed by atoms with Gasteiger partial charge in [0.15, 0.2) is 0 Å². The third kappa shape index (κ3) is 4.84. The Morgan fingerprint density at radius 1 is 1.31 bits per heavy atom. The topological polar surface area (TPSA) is 58.4 Å². The standard InChI is InChI=1S/C12H25N3O/c1-2-3-4-5-8-14-11-6-9-15(10-7-11)12(13)16/h11,14H,2-10H2,1H3,(H2,13,16). The van der Waals surface area contributed by atoms with Crippen LogP contribution in [0.25, 0.3) is 0 Å². The molecule has 1 aliphatic rings. The van der Waals surface area contributed by atoms with Crippen molar-refractivity contribution in [2.24, 2.45) is 5.73 Å². The Kier molecular flexibility index (Phi) is 6.23. The zero-order valence-corrected chi connectivity index (χ0v) is 10.4. The molecule has 0 spiro atoms.